The first-order valence-electron chi connectivity index (χ1n) is 12.1. The molecule has 0 bridgehead atoms. The van der Waals surface area contributed by atoms with Crippen molar-refractivity contribution in [3.05, 3.63) is 108 Å². The molecule has 0 saturated heterocycles. The molecule has 0 amide bonds. The summed E-state index contributed by atoms with van der Waals surface area (Å²) in [5, 5.41) is 0. The van der Waals surface area contributed by atoms with Crippen LogP contribution in [0.2, 0.25) is 0 Å². The van der Waals surface area contributed by atoms with Gasteiger partial charge < -0.3 is 9.64 Å². The number of hydrogen-bond donors (Lipinski definition) is 0. The van der Waals surface area contributed by atoms with Gasteiger partial charge in [0.2, 0.25) is 0 Å². The van der Waals surface area contributed by atoms with Crippen LogP contribution >= 0.6 is 0 Å². The van der Waals surface area contributed by atoms with Crippen molar-refractivity contribution in [3.8, 4) is 22.3 Å². The zero-order chi connectivity index (χ0) is 27.3. The van der Waals surface area contributed by atoms with Crippen LogP contribution in [0.5, 0.6) is 0 Å². The topological polar surface area (TPSA) is 80.8 Å². The van der Waals surface area contributed by atoms with E-state index in [1.54, 1.807) is 24.3 Å². The Balaban J connectivity index is 1.46. The number of anilines is 1. The summed E-state index contributed by atoms with van der Waals surface area (Å²) in [5.74, 6) is -1.27. The third-order valence-corrected chi connectivity index (χ3v) is 7.35. The smallest absolute Gasteiger partial charge is 0.317 e. The Morgan fingerprint density at radius 1 is 0.658 bits per heavy atom. The molecule has 0 atom stereocenters. The Morgan fingerprint density at radius 2 is 1.08 bits per heavy atom. The van der Waals surface area contributed by atoms with Gasteiger partial charge in [-0.1, -0.05) is 72.8 Å². The monoisotopic (exact) mass is 527 g/mol. The fraction of sp³-hybridized carbons (Fsp3) is 0.161. The molecule has 0 aromatic heterocycles. The Morgan fingerprint density at radius 3 is 1.50 bits per heavy atom. The fourth-order valence-electron chi connectivity index (χ4n) is 4.24. The summed E-state index contributed by atoms with van der Waals surface area (Å²) >= 11 is 0. The highest BCUT2D eigenvalue weighted by atomic mass is 32.2. The van der Waals surface area contributed by atoms with Crippen LogP contribution in [0.25, 0.3) is 22.3 Å². The van der Waals surface area contributed by atoms with E-state index in [0.717, 1.165) is 39.8 Å². The number of esters is 2. The maximum Gasteiger partial charge on any atom is 0.317 e. The Hall–Kier alpha value is -4.23. The first kappa shape index (κ1) is 26.8. The van der Waals surface area contributed by atoms with E-state index >= 15 is 0 Å². The molecule has 38 heavy (non-hydrogen) atoms. The van der Waals surface area contributed by atoms with Crippen molar-refractivity contribution in [2.45, 2.75) is 17.7 Å². The minimum atomic E-state index is -3.31. The number of nitrogens with zero attached hydrogens (tertiary/aromatic N) is 1. The molecule has 0 heterocycles. The van der Waals surface area contributed by atoms with E-state index in [0.29, 0.717) is 5.56 Å². The summed E-state index contributed by atoms with van der Waals surface area (Å²) in [6, 6.07) is 29.4. The average molecular weight is 528 g/mol. The molecule has 0 fully saturated rings. The Labute approximate surface area is 223 Å². The van der Waals surface area contributed by atoms with Crippen molar-refractivity contribution in [2.75, 3.05) is 25.3 Å². The van der Waals surface area contributed by atoms with Gasteiger partial charge >= 0.3 is 11.9 Å². The van der Waals surface area contributed by atoms with E-state index in [-0.39, 0.29) is 17.7 Å². The highest BCUT2D eigenvalue weighted by molar-refractivity contribution is 7.90. The number of carbonyl (C=O) groups is 2. The molecule has 7 heteroatoms. The Kier molecular flexibility index (Phi) is 8.08. The summed E-state index contributed by atoms with van der Waals surface area (Å²) in [6.07, 6.45) is 1.03. The maximum absolute atomic E-state index is 12.7. The lowest BCUT2D eigenvalue weighted by molar-refractivity contribution is -0.158. The van der Waals surface area contributed by atoms with Crippen LogP contribution < -0.4 is 4.90 Å². The molecule has 0 N–H and O–H groups in total. The minimum absolute atomic E-state index is 0.0358. The van der Waals surface area contributed by atoms with Crippen LogP contribution in [-0.4, -0.2) is 40.7 Å². The Bertz CT molecular complexity index is 1560. The molecule has 0 radical (unpaired) electrons. The number of rotatable bonds is 8. The van der Waals surface area contributed by atoms with Gasteiger partial charge in [0.15, 0.2) is 9.84 Å². The standard InChI is InChI=1S/C31H29NO5S/c1-32(2)26-16-12-22(13-17-26)28-10-6-4-8-24(28)20-30(33)37-31(34)21-25-9-5-7-11-29(25)23-14-18-27(19-15-23)38(3,35)36/h4-19H,20-21H2,1-3H3. The van der Waals surface area contributed by atoms with E-state index in [9.17, 15) is 18.0 Å². The van der Waals surface area contributed by atoms with Crippen LogP contribution in [0, 0.1) is 0 Å². The molecule has 0 saturated carbocycles. The number of hydrogen-bond acceptors (Lipinski definition) is 6. The van der Waals surface area contributed by atoms with Crippen LogP contribution in [0.3, 0.4) is 0 Å². The third-order valence-electron chi connectivity index (χ3n) is 6.22. The van der Waals surface area contributed by atoms with Crippen LogP contribution in [0.4, 0.5) is 5.69 Å². The van der Waals surface area contributed by atoms with Crippen molar-refractivity contribution in [2.24, 2.45) is 0 Å². The number of benzene rings is 4. The maximum atomic E-state index is 12.7. The predicted octanol–water partition coefficient (Wildman–Crippen LogP) is 5.35. The van der Waals surface area contributed by atoms with Crippen LogP contribution in [-0.2, 0) is 37.0 Å². The molecular formula is C31H29NO5S. The molecule has 0 aliphatic heterocycles. The number of sulfone groups is 1. The molecule has 0 spiro atoms. The van der Waals surface area contributed by atoms with Gasteiger partial charge in [0, 0.05) is 26.0 Å². The summed E-state index contributed by atoms with van der Waals surface area (Å²) in [6.45, 7) is 0. The van der Waals surface area contributed by atoms with Gasteiger partial charge in [0.25, 0.3) is 0 Å². The van der Waals surface area contributed by atoms with Crippen LogP contribution in [0.15, 0.2) is 102 Å². The fourth-order valence-corrected chi connectivity index (χ4v) is 4.87. The van der Waals surface area contributed by atoms with Crippen molar-refractivity contribution >= 4 is 27.5 Å². The molecule has 0 aliphatic carbocycles. The van der Waals surface area contributed by atoms with Crippen molar-refractivity contribution in [1.29, 1.82) is 0 Å². The summed E-state index contributed by atoms with van der Waals surface area (Å²) in [7, 11) is 0.640. The zero-order valence-corrected chi connectivity index (χ0v) is 22.4. The second-order valence-electron chi connectivity index (χ2n) is 9.25. The van der Waals surface area contributed by atoms with E-state index in [1.807, 2.05) is 79.7 Å². The van der Waals surface area contributed by atoms with Gasteiger partial charge in [-0.3, -0.25) is 9.59 Å². The van der Waals surface area contributed by atoms with E-state index in [2.05, 4.69) is 0 Å². The molecule has 0 unspecified atom stereocenters. The molecule has 0 aliphatic rings. The molecule has 6 nitrogen and oxygen atoms in total. The van der Waals surface area contributed by atoms with Crippen molar-refractivity contribution in [1.82, 2.24) is 0 Å². The van der Waals surface area contributed by atoms with Gasteiger partial charge in [-0.15, -0.1) is 0 Å². The van der Waals surface area contributed by atoms with Crippen molar-refractivity contribution in [3.63, 3.8) is 0 Å². The molecule has 4 aromatic rings. The summed E-state index contributed by atoms with van der Waals surface area (Å²) in [4.78, 5) is 27.7. The van der Waals surface area contributed by atoms with Gasteiger partial charge in [0.05, 0.1) is 17.7 Å². The summed E-state index contributed by atoms with van der Waals surface area (Å²) in [5.41, 5.74) is 5.94. The quantitative estimate of drug-likeness (QED) is 0.227. The first-order chi connectivity index (χ1) is 18.1. The van der Waals surface area contributed by atoms with E-state index in [1.165, 1.54) is 12.1 Å². The molecule has 4 rings (SSSR count). The second kappa shape index (κ2) is 11.4. The lowest BCUT2D eigenvalue weighted by atomic mass is 9.97. The zero-order valence-electron chi connectivity index (χ0n) is 21.5. The van der Waals surface area contributed by atoms with E-state index in [4.69, 9.17) is 4.74 Å². The summed E-state index contributed by atoms with van der Waals surface area (Å²) < 4.78 is 28.7. The SMILES string of the molecule is CN(C)c1ccc(-c2ccccc2CC(=O)OC(=O)Cc2ccccc2-c2ccc(S(C)(=O)=O)cc2)cc1. The van der Waals surface area contributed by atoms with Crippen LogP contribution in [0.1, 0.15) is 11.1 Å². The van der Waals surface area contributed by atoms with Gasteiger partial charge in [-0.05, 0) is 57.6 Å². The van der Waals surface area contributed by atoms with E-state index < -0.39 is 21.8 Å². The average Bonchev–Trinajstić information content (AvgIpc) is 2.89. The number of ether oxygens (including phenoxy) is 1. The number of carbonyl (C=O) groups excluding carboxylic acids is 2. The van der Waals surface area contributed by atoms with Gasteiger partial charge in [0.1, 0.15) is 0 Å². The lowest BCUT2D eigenvalue weighted by Crippen LogP contribution is -2.17. The molecular weight excluding hydrogens is 498 g/mol. The molecule has 194 valence electrons. The minimum Gasteiger partial charge on any atom is -0.393 e. The lowest BCUT2D eigenvalue weighted by Gasteiger charge is -2.14. The normalized spacial score (nSPS) is 11.1. The van der Waals surface area contributed by atoms with Gasteiger partial charge in [-0.2, -0.15) is 0 Å². The predicted molar refractivity (Wildman–Crippen MR) is 150 cm³/mol. The highest BCUT2D eigenvalue weighted by Gasteiger charge is 2.17. The highest BCUT2D eigenvalue weighted by Crippen LogP contribution is 2.28. The third kappa shape index (κ3) is 6.55. The molecule has 4 aromatic carbocycles. The van der Waals surface area contributed by atoms with Gasteiger partial charge in [-0.25, -0.2) is 8.42 Å². The second-order valence-corrected chi connectivity index (χ2v) is 11.3. The largest absolute Gasteiger partial charge is 0.393 e. The first-order valence-corrected chi connectivity index (χ1v) is 14.0. The van der Waals surface area contributed by atoms with Crippen molar-refractivity contribution < 1.29 is 22.7 Å².